The molecule has 0 aromatic heterocycles. The van der Waals surface area contributed by atoms with Crippen molar-refractivity contribution in [2.75, 3.05) is 11.9 Å². The van der Waals surface area contributed by atoms with E-state index in [1.165, 1.54) is 0 Å². The molecular formula is C14H18N2O4. The standard InChI is InChI=1S/C14H18N2O4/c1-9(2)14(20)16-11-5-3-10(4-6-11)7-12(17)15-8-13(18)19/h3-6,9H,7-8H2,1-2H3,(H,15,17)(H,16,20)(H,18,19). The average molecular weight is 278 g/mol. The van der Waals surface area contributed by atoms with Crippen LogP contribution in [-0.2, 0) is 20.8 Å². The van der Waals surface area contributed by atoms with Crippen LogP contribution in [0.1, 0.15) is 19.4 Å². The first-order chi connectivity index (χ1) is 9.38. The molecule has 0 saturated carbocycles. The molecule has 3 N–H and O–H groups in total. The number of carbonyl (C=O) groups excluding carboxylic acids is 2. The molecule has 0 radical (unpaired) electrons. The van der Waals surface area contributed by atoms with Crippen molar-refractivity contribution in [1.29, 1.82) is 0 Å². The number of rotatable bonds is 6. The molecule has 1 aromatic carbocycles. The fraction of sp³-hybridized carbons (Fsp3) is 0.357. The van der Waals surface area contributed by atoms with E-state index in [1.54, 1.807) is 38.1 Å². The van der Waals surface area contributed by atoms with Gasteiger partial charge in [0.15, 0.2) is 0 Å². The smallest absolute Gasteiger partial charge is 0.322 e. The zero-order chi connectivity index (χ0) is 15.1. The number of carbonyl (C=O) groups is 3. The van der Waals surface area contributed by atoms with Gasteiger partial charge in [0.25, 0.3) is 0 Å². The van der Waals surface area contributed by atoms with Crippen LogP contribution in [0.5, 0.6) is 0 Å². The fourth-order valence-electron chi connectivity index (χ4n) is 1.41. The van der Waals surface area contributed by atoms with Crippen molar-refractivity contribution in [3.8, 4) is 0 Å². The van der Waals surface area contributed by atoms with E-state index in [1.807, 2.05) is 0 Å². The van der Waals surface area contributed by atoms with Gasteiger partial charge in [0, 0.05) is 11.6 Å². The van der Waals surface area contributed by atoms with Gasteiger partial charge in [-0.25, -0.2) is 0 Å². The number of amides is 2. The predicted octanol–water partition coefficient (Wildman–Crippen LogP) is 1.02. The number of aliphatic carboxylic acids is 1. The maximum Gasteiger partial charge on any atom is 0.322 e. The molecule has 20 heavy (non-hydrogen) atoms. The van der Waals surface area contributed by atoms with E-state index in [9.17, 15) is 14.4 Å². The summed E-state index contributed by atoms with van der Waals surface area (Å²) in [6.07, 6.45) is 0.103. The van der Waals surface area contributed by atoms with E-state index in [0.717, 1.165) is 5.56 Å². The van der Waals surface area contributed by atoms with E-state index in [-0.39, 0.29) is 30.7 Å². The van der Waals surface area contributed by atoms with Gasteiger partial charge >= 0.3 is 5.97 Å². The van der Waals surface area contributed by atoms with Crippen LogP contribution < -0.4 is 10.6 Å². The van der Waals surface area contributed by atoms with Crippen molar-refractivity contribution < 1.29 is 19.5 Å². The lowest BCUT2D eigenvalue weighted by Crippen LogP contribution is -2.30. The lowest BCUT2D eigenvalue weighted by atomic mass is 10.1. The highest BCUT2D eigenvalue weighted by atomic mass is 16.4. The van der Waals surface area contributed by atoms with Crippen LogP contribution in [0.2, 0.25) is 0 Å². The SMILES string of the molecule is CC(C)C(=O)Nc1ccc(CC(=O)NCC(=O)O)cc1. The van der Waals surface area contributed by atoms with Crippen molar-refractivity contribution in [2.45, 2.75) is 20.3 Å². The Morgan fingerprint density at radius 3 is 2.25 bits per heavy atom. The first kappa shape index (κ1) is 15.7. The van der Waals surface area contributed by atoms with Gasteiger partial charge in [-0.2, -0.15) is 0 Å². The Bertz CT molecular complexity index is 494. The Hall–Kier alpha value is -2.37. The minimum Gasteiger partial charge on any atom is -0.480 e. The molecule has 0 fully saturated rings. The average Bonchev–Trinajstić information content (AvgIpc) is 2.38. The molecule has 6 heteroatoms. The highest BCUT2D eigenvalue weighted by Crippen LogP contribution is 2.11. The molecule has 0 saturated heterocycles. The second kappa shape index (κ2) is 7.28. The highest BCUT2D eigenvalue weighted by Gasteiger charge is 2.08. The number of carboxylic acid groups (broad SMARTS) is 1. The largest absolute Gasteiger partial charge is 0.480 e. The fourth-order valence-corrected chi connectivity index (χ4v) is 1.41. The molecule has 0 unspecified atom stereocenters. The van der Waals surface area contributed by atoms with Crippen LogP contribution in [0.25, 0.3) is 0 Å². The van der Waals surface area contributed by atoms with Crippen molar-refractivity contribution in [3.63, 3.8) is 0 Å². The molecule has 1 aromatic rings. The topological polar surface area (TPSA) is 95.5 Å². The van der Waals surface area contributed by atoms with E-state index in [0.29, 0.717) is 5.69 Å². The molecule has 0 aliphatic heterocycles. The molecule has 2 amide bonds. The Labute approximate surface area is 117 Å². The molecule has 0 aliphatic carbocycles. The van der Waals surface area contributed by atoms with Crippen LogP contribution in [-0.4, -0.2) is 29.4 Å². The molecule has 0 aliphatic rings. The number of anilines is 1. The van der Waals surface area contributed by atoms with Crippen LogP contribution in [0.15, 0.2) is 24.3 Å². The van der Waals surface area contributed by atoms with Gasteiger partial charge in [0.05, 0.1) is 6.42 Å². The molecule has 0 atom stereocenters. The summed E-state index contributed by atoms with van der Waals surface area (Å²) in [6.45, 7) is 3.22. The second-order valence-electron chi connectivity index (χ2n) is 4.69. The summed E-state index contributed by atoms with van der Waals surface area (Å²) in [5, 5.41) is 13.5. The Balaban J connectivity index is 2.52. The lowest BCUT2D eigenvalue weighted by Gasteiger charge is -2.08. The third-order valence-corrected chi connectivity index (χ3v) is 2.55. The Morgan fingerprint density at radius 2 is 1.75 bits per heavy atom. The van der Waals surface area contributed by atoms with E-state index in [4.69, 9.17) is 5.11 Å². The number of benzene rings is 1. The minimum atomic E-state index is -1.08. The number of nitrogens with one attached hydrogen (secondary N) is 2. The van der Waals surface area contributed by atoms with Crippen molar-refractivity contribution >= 4 is 23.5 Å². The van der Waals surface area contributed by atoms with Crippen LogP contribution in [0, 0.1) is 5.92 Å². The first-order valence-corrected chi connectivity index (χ1v) is 6.26. The van der Waals surface area contributed by atoms with Crippen molar-refractivity contribution in [3.05, 3.63) is 29.8 Å². The lowest BCUT2D eigenvalue weighted by molar-refractivity contribution is -0.137. The quantitative estimate of drug-likeness (QED) is 0.724. The minimum absolute atomic E-state index is 0.0723. The van der Waals surface area contributed by atoms with E-state index in [2.05, 4.69) is 10.6 Å². The molecule has 1 rings (SSSR count). The predicted molar refractivity (Wildman–Crippen MR) is 74.3 cm³/mol. The van der Waals surface area contributed by atoms with E-state index >= 15 is 0 Å². The summed E-state index contributed by atoms with van der Waals surface area (Å²) in [6, 6.07) is 6.85. The maximum atomic E-state index is 11.5. The van der Waals surface area contributed by atoms with Gasteiger partial charge in [-0.3, -0.25) is 14.4 Å². The van der Waals surface area contributed by atoms with Gasteiger partial charge in [-0.05, 0) is 17.7 Å². The van der Waals surface area contributed by atoms with Gasteiger partial charge < -0.3 is 15.7 Å². The summed E-state index contributed by atoms with van der Waals surface area (Å²) in [4.78, 5) is 33.2. The zero-order valence-electron chi connectivity index (χ0n) is 11.5. The molecule has 0 heterocycles. The Kier molecular flexibility index (Phi) is 5.71. The Morgan fingerprint density at radius 1 is 1.15 bits per heavy atom. The monoisotopic (exact) mass is 278 g/mol. The van der Waals surface area contributed by atoms with Gasteiger partial charge in [0.2, 0.25) is 11.8 Å². The summed E-state index contributed by atoms with van der Waals surface area (Å²) in [5.74, 6) is -1.61. The number of hydrogen-bond donors (Lipinski definition) is 3. The first-order valence-electron chi connectivity index (χ1n) is 6.26. The highest BCUT2D eigenvalue weighted by molar-refractivity contribution is 5.92. The van der Waals surface area contributed by atoms with Crippen LogP contribution in [0.4, 0.5) is 5.69 Å². The number of carboxylic acids is 1. The second-order valence-corrected chi connectivity index (χ2v) is 4.69. The number of hydrogen-bond acceptors (Lipinski definition) is 3. The van der Waals surface area contributed by atoms with Crippen molar-refractivity contribution in [2.24, 2.45) is 5.92 Å². The van der Waals surface area contributed by atoms with Gasteiger partial charge in [0.1, 0.15) is 6.54 Å². The van der Waals surface area contributed by atoms with Crippen LogP contribution in [0.3, 0.4) is 0 Å². The van der Waals surface area contributed by atoms with E-state index < -0.39 is 5.97 Å². The summed E-state index contributed by atoms with van der Waals surface area (Å²) in [5.41, 5.74) is 1.41. The summed E-state index contributed by atoms with van der Waals surface area (Å²) < 4.78 is 0. The maximum absolute atomic E-state index is 11.5. The molecule has 6 nitrogen and oxygen atoms in total. The zero-order valence-corrected chi connectivity index (χ0v) is 11.5. The molecule has 108 valence electrons. The van der Waals surface area contributed by atoms with Crippen molar-refractivity contribution in [1.82, 2.24) is 5.32 Å². The van der Waals surface area contributed by atoms with Gasteiger partial charge in [-0.1, -0.05) is 26.0 Å². The van der Waals surface area contributed by atoms with Crippen LogP contribution >= 0.6 is 0 Å². The normalized spacial score (nSPS) is 10.2. The molecule has 0 spiro atoms. The summed E-state index contributed by atoms with van der Waals surface area (Å²) in [7, 11) is 0. The third-order valence-electron chi connectivity index (χ3n) is 2.55. The van der Waals surface area contributed by atoms with Gasteiger partial charge in [-0.15, -0.1) is 0 Å². The molecule has 0 bridgehead atoms. The third kappa shape index (κ3) is 5.51. The molecular weight excluding hydrogens is 260 g/mol. The summed E-state index contributed by atoms with van der Waals surface area (Å²) >= 11 is 0.